The lowest BCUT2D eigenvalue weighted by molar-refractivity contribution is 0.149. The van der Waals surface area contributed by atoms with E-state index in [1.54, 1.807) is 10.6 Å². The van der Waals surface area contributed by atoms with Crippen molar-refractivity contribution in [3.63, 3.8) is 0 Å². The van der Waals surface area contributed by atoms with Gasteiger partial charge in [-0.25, -0.2) is 9.51 Å². The van der Waals surface area contributed by atoms with Crippen LogP contribution in [0.25, 0.3) is 5.52 Å². The third-order valence-electron chi connectivity index (χ3n) is 4.30. The topological polar surface area (TPSA) is 124 Å². The fourth-order valence-corrected chi connectivity index (χ4v) is 2.90. The van der Waals surface area contributed by atoms with Gasteiger partial charge < -0.3 is 25.8 Å². The molecule has 5 N–H and O–H groups in total. The van der Waals surface area contributed by atoms with E-state index in [9.17, 15) is 0 Å². The first-order valence-corrected chi connectivity index (χ1v) is 9.46. The second-order valence-corrected chi connectivity index (χ2v) is 6.90. The van der Waals surface area contributed by atoms with Crippen LogP contribution in [0.3, 0.4) is 0 Å². The van der Waals surface area contributed by atoms with Crippen molar-refractivity contribution in [2.45, 2.75) is 6.42 Å². The molecule has 0 bridgehead atoms. The molecule has 0 radical (unpaired) electrons. The molecule has 1 aliphatic rings. The molecule has 0 amide bonds. The fourth-order valence-electron chi connectivity index (χ4n) is 2.90. The Bertz CT molecular complexity index is 972. The van der Waals surface area contributed by atoms with Gasteiger partial charge in [0.2, 0.25) is 0 Å². The van der Waals surface area contributed by atoms with Gasteiger partial charge in [0.1, 0.15) is 18.1 Å². The Morgan fingerprint density at radius 2 is 2.17 bits per heavy atom. The highest BCUT2D eigenvalue weighted by atomic mass is 16.5. The minimum Gasteiger partial charge on any atom is -0.489 e. The van der Waals surface area contributed by atoms with Gasteiger partial charge in [-0.1, -0.05) is 6.07 Å². The van der Waals surface area contributed by atoms with E-state index < -0.39 is 0 Å². The number of ether oxygens (including phenoxy) is 1. The maximum Gasteiger partial charge on any atom is 0.175 e. The van der Waals surface area contributed by atoms with Crippen molar-refractivity contribution in [1.82, 2.24) is 14.5 Å². The number of nitrogens with one attached hydrogen (secondary N) is 2. The van der Waals surface area contributed by atoms with Crippen molar-refractivity contribution in [3.05, 3.63) is 48.0 Å². The Morgan fingerprint density at radius 3 is 2.93 bits per heavy atom. The third kappa shape index (κ3) is 5.01. The van der Waals surface area contributed by atoms with Crippen molar-refractivity contribution < 1.29 is 9.84 Å². The standard InChI is InChI=1S/C20H27N7O2/c1-26(2)8-5-7-23-20-19(17-6-3-4-9-27(17)25-20)24-16-13-18(29-11-10-28)15(22)12-14(16)21/h3-4,6,9,12-13,21,28H,5,7-8,10-11,22H2,1-2H3,(H,23,25). The van der Waals surface area contributed by atoms with Crippen LogP contribution in [0.2, 0.25) is 0 Å². The molecular formula is C20H27N7O2. The lowest BCUT2D eigenvalue weighted by Gasteiger charge is -2.15. The van der Waals surface area contributed by atoms with E-state index >= 15 is 0 Å². The summed E-state index contributed by atoms with van der Waals surface area (Å²) in [5.41, 5.74) is 8.36. The van der Waals surface area contributed by atoms with Gasteiger partial charge in [-0.15, -0.1) is 5.10 Å². The first-order valence-electron chi connectivity index (χ1n) is 9.46. The summed E-state index contributed by atoms with van der Waals surface area (Å²) in [6.07, 6.45) is 5.95. The Hall–Kier alpha value is -3.17. The molecule has 0 aromatic carbocycles. The zero-order chi connectivity index (χ0) is 20.8. The van der Waals surface area contributed by atoms with Crippen molar-refractivity contribution in [2.75, 3.05) is 45.7 Å². The maximum absolute atomic E-state index is 8.99. The molecule has 2 aromatic heterocycles. The Kier molecular flexibility index (Phi) is 6.63. The predicted octanol–water partition coefficient (Wildman–Crippen LogP) is 1.54. The van der Waals surface area contributed by atoms with Gasteiger partial charge in [-0.05, 0) is 45.3 Å². The van der Waals surface area contributed by atoms with E-state index in [4.69, 9.17) is 26.0 Å². The molecule has 9 nitrogen and oxygen atoms in total. The highest BCUT2D eigenvalue weighted by molar-refractivity contribution is 6.50. The Morgan fingerprint density at radius 1 is 1.34 bits per heavy atom. The Labute approximate surface area is 169 Å². The molecule has 29 heavy (non-hydrogen) atoms. The van der Waals surface area contributed by atoms with E-state index in [1.165, 1.54) is 6.08 Å². The number of aliphatic hydroxyl groups excluding tert-OH is 1. The number of fused-ring (bicyclic) bond motifs is 1. The highest BCUT2D eigenvalue weighted by Gasteiger charge is 2.18. The lowest BCUT2D eigenvalue weighted by Crippen LogP contribution is -2.20. The molecule has 3 rings (SSSR count). The largest absolute Gasteiger partial charge is 0.489 e. The number of rotatable bonds is 9. The molecule has 0 aliphatic heterocycles. The molecule has 0 spiro atoms. The summed E-state index contributed by atoms with van der Waals surface area (Å²) < 4.78 is 7.22. The summed E-state index contributed by atoms with van der Waals surface area (Å²) in [6.45, 7) is 1.72. The minimum absolute atomic E-state index is 0.121. The third-order valence-corrected chi connectivity index (χ3v) is 4.30. The van der Waals surface area contributed by atoms with Crippen LogP contribution in [0.1, 0.15) is 6.42 Å². The number of hydrogen-bond donors (Lipinski definition) is 4. The molecule has 0 atom stereocenters. The molecule has 2 aromatic rings. The number of aliphatic hydroxyl groups is 1. The second kappa shape index (κ2) is 9.35. The number of nitrogens with zero attached hydrogens (tertiary/aromatic N) is 4. The summed E-state index contributed by atoms with van der Waals surface area (Å²) in [7, 11) is 4.08. The van der Waals surface area contributed by atoms with E-state index in [1.807, 2.05) is 38.5 Å². The van der Waals surface area contributed by atoms with E-state index in [0.717, 1.165) is 25.0 Å². The molecular weight excluding hydrogens is 370 g/mol. The van der Waals surface area contributed by atoms with E-state index in [-0.39, 0.29) is 18.9 Å². The number of anilines is 1. The molecule has 154 valence electrons. The summed E-state index contributed by atoms with van der Waals surface area (Å²) in [5, 5.41) is 25.2. The minimum atomic E-state index is -0.121. The van der Waals surface area contributed by atoms with Crippen LogP contribution >= 0.6 is 0 Å². The number of nitrogens with two attached hydrogens (primary N) is 1. The number of aromatic nitrogens is 2. The highest BCUT2D eigenvalue weighted by Crippen LogP contribution is 2.30. The summed E-state index contributed by atoms with van der Waals surface area (Å²) in [4.78, 5) is 6.84. The van der Waals surface area contributed by atoms with Crippen molar-refractivity contribution in [2.24, 2.45) is 10.7 Å². The fraction of sp³-hybridized carbons (Fsp3) is 0.350. The van der Waals surface area contributed by atoms with Crippen LogP contribution in [-0.4, -0.2) is 71.4 Å². The molecule has 2 heterocycles. The SMILES string of the molecule is CN(C)CCCNc1nn2ccccc2c1N=C1C=C(OCCO)C(N)=CC1=N. The first-order chi connectivity index (χ1) is 14.0. The van der Waals surface area contributed by atoms with Gasteiger partial charge in [0.25, 0.3) is 0 Å². The van der Waals surface area contributed by atoms with Gasteiger partial charge >= 0.3 is 0 Å². The lowest BCUT2D eigenvalue weighted by atomic mass is 10.1. The van der Waals surface area contributed by atoms with Crippen LogP contribution in [0, 0.1) is 5.41 Å². The van der Waals surface area contributed by atoms with Crippen LogP contribution < -0.4 is 11.1 Å². The molecule has 0 saturated heterocycles. The number of pyridine rings is 1. The van der Waals surface area contributed by atoms with Crippen LogP contribution in [-0.2, 0) is 4.74 Å². The summed E-state index contributed by atoms with van der Waals surface area (Å²) in [6, 6.07) is 5.76. The van der Waals surface area contributed by atoms with E-state index in [2.05, 4.69) is 15.3 Å². The predicted molar refractivity (Wildman–Crippen MR) is 115 cm³/mol. The average Bonchev–Trinajstić information content (AvgIpc) is 3.03. The zero-order valence-corrected chi connectivity index (χ0v) is 16.7. The number of allylic oxidation sites excluding steroid dienone is 2. The van der Waals surface area contributed by atoms with Crippen LogP contribution in [0.15, 0.2) is 53.0 Å². The number of aliphatic imine (C=N–C) groups is 1. The first kappa shape index (κ1) is 20.6. The molecule has 0 saturated carbocycles. The maximum atomic E-state index is 8.99. The Balaban J connectivity index is 1.94. The van der Waals surface area contributed by atoms with Gasteiger partial charge in [-0.2, -0.15) is 0 Å². The molecule has 9 heteroatoms. The van der Waals surface area contributed by atoms with Gasteiger partial charge in [0.05, 0.1) is 29.2 Å². The van der Waals surface area contributed by atoms with Gasteiger partial charge in [0, 0.05) is 18.8 Å². The van der Waals surface area contributed by atoms with E-state index in [0.29, 0.717) is 28.7 Å². The summed E-state index contributed by atoms with van der Waals surface area (Å²) >= 11 is 0. The quantitative estimate of drug-likeness (QED) is 0.376. The molecule has 0 unspecified atom stereocenters. The number of hydrogen-bond acceptors (Lipinski definition) is 8. The normalized spacial score (nSPS) is 15.7. The van der Waals surface area contributed by atoms with Crippen molar-refractivity contribution in [1.29, 1.82) is 5.41 Å². The van der Waals surface area contributed by atoms with Gasteiger partial charge in [0.15, 0.2) is 5.82 Å². The molecule has 1 aliphatic carbocycles. The average molecular weight is 397 g/mol. The van der Waals surface area contributed by atoms with Gasteiger partial charge in [-0.3, -0.25) is 5.41 Å². The second-order valence-electron chi connectivity index (χ2n) is 6.90. The monoisotopic (exact) mass is 397 g/mol. The van der Waals surface area contributed by atoms with Crippen molar-refractivity contribution >= 4 is 28.4 Å². The van der Waals surface area contributed by atoms with Crippen LogP contribution in [0.4, 0.5) is 11.5 Å². The van der Waals surface area contributed by atoms with Crippen molar-refractivity contribution in [3.8, 4) is 0 Å². The van der Waals surface area contributed by atoms with Crippen LogP contribution in [0.5, 0.6) is 0 Å². The zero-order valence-electron chi connectivity index (χ0n) is 16.7. The summed E-state index contributed by atoms with van der Waals surface area (Å²) in [5.74, 6) is 1.05. The molecule has 0 fully saturated rings. The smallest absolute Gasteiger partial charge is 0.175 e.